The molecule has 0 spiro atoms. The molecule has 2 amide bonds. The third-order valence-corrected chi connectivity index (χ3v) is 9.57. The maximum Gasteiger partial charge on any atom is 0.253 e. The van der Waals surface area contributed by atoms with Gasteiger partial charge in [0.2, 0.25) is 5.91 Å². The molecular weight excluding hydrogens is 552 g/mol. The van der Waals surface area contributed by atoms with Crippen molar-refractivity contribution in [1.82, 2.24) is 15.2 Å². The highest BCUT2D eigenvalue weighted by Gasteiger charge is 2.25. The van der Waals surface area contributed by atoms with E-state index in [2.05, 4.69) is 45.5 Å². The molecule has 2 aromatic carbocycles. The molecule has 0 atom stereocenters. The number of rotatable bonds is 7. The number of nitrogens with one attached hydrogen (secondary N) is 2. The zero-order chi connectivity index (χ0) is 30.6. The first-order valence-corrected chi connectivity index (χ1v) is 16.2. The van der Waals surface area contributed by atoms with E-state index in [9.17, 15) is 14.4 Å². The number of benzene rings is 2. The average molecular weight is 597 g/mol. The maximum absolute atomic E-state index is 13.9. The number of hydrogen-bond acceptors (Lipinski definition) is 5. The third kappa shape index (κ3) is 6.52. The van der Waals surface area contributed by atoms with E-state index in [1.165, 1.54) is 11.1 Å². The van der Waals surface area contributed by atoms with Gasteiger partial charge in [0.05, 0.1) is 13.2 Å². The van der Waals surface area contributed by atoms with E-state index in [0.717, 1.165) is 111 Å². The van der Waals surface area contributed by atoms with E-state index in [1.54, 1.807) is 0 Å². The third-order valence-electron chi connectivity index (χ3n) is 9.57. The summed E-state index contributed by atoms with van der Waals surface area (Å²) in [4.78, 5) is 47.4. The Morgan fingerprint density at radius 2 is 1.59 bits per heavy atom. The SMILES string of the molecule is Cc1[nH]c(=O)c(CNC(=O)c2cc(-c3ccc(CN4CCOCC4)cc3)cc(N3CCCCCC3=O)c2C)c2c1CCCC2. The number of aromatic nitrogens is 1. The van der Waals surface area contributed by atoms with Crippen molar-refractivity contribution in [3.05, 3.63) is 85.8 Å². The van der Waals surface area contributed by atoms with Gasteiger partial charge in [0, 0.05) is 61.7 Å². The fourth-order valence-corrected chi connectivity index (χ4v) is 7.00. The van der Waals surface area contributed by atoms with Gasteiger partial charge in [-0.2, -0.15) is 0 Å². The van der Waals surface area contributed by atoms with Crippen LogP contribution in [0.2, 0.25) is 0 Å². The van der Waals surface area contributed by atoms with Gasteiger partial charge < -0.3 is 19.9 Å². The molecule has 8 nitrogen and oxygen atoms in total. The minimum atomic E-state index is -0.235. The van der Waals surface area contributed by atoms with Crippen molar-refractivity contribution in [3.63, 3.8) is 0 Å². The molecule has 0 unspecified atom stereocenters. The second-order valence-corrected chi connectivity index (χ2v) is 12.5. The topological polar surface area (TPSA) is 94.7 Å². The summed E-state index contributed by atoms with van der Waals surface area (Å²) in [5.41, 5.74) is 9.02. The molecule has 3 heterocycles. The zero-order valence-electron chi connectivity index (χ0n) is 26.1. The van der Waals surface area contributed by atoms with Crippen LogP contribution in [0.4, 0.5) is 5.69 Å². The Bertz CT molecular complexity index is 1590. The first-order chi connectivity index (χ1) is 21.4. The number of nitrogens with zero attached hydrogens (tertiary/aromatic N) is 2. The minimum Gasteiger partial charge on any atom is -0.379 e. The number of carbonyl (C=O) groups excluding carboxylic acids is 2. The smallest absolute Gasteiger partial charge is 0.253 e. The molecule has 0 radical (unpaired) electrons. The summed E-state index contributed by atoms with van der Waals surface area (Å²) in [5.74, 6) is -0.130. The van der Waals surface area contributed by atoms with Crippen molar-refractivity contribution in [3.8, 4) is 11.1 Å². The molecule has 3 aliphatic rings. The Balaban J connectivity index is 1.31. The van der Waals surface area contributed by atoms with Crippen molar-refractivity contribution < 1.29 is 14.3 Å². The molecule has 1 aliphatic carbocycles. The van der Waals surface area contributed by atoms with E-state index in [4.69, 9.17) is 4.74 Å². The van der Waals surface area contributed by atoms with Crippen molar-refractivity contribution in [2.24, 2.45) is 0 Å². The van der Waals surface area contributed by atoms with E-state index < -0.39 is 0 Å². The second kappa shape index (κ2) is 13.5. The Morgan fingerprint density at radius 3 is 2.36 bits per heavy atom. The number of hydrogen-bond donors (Lipinski definition) is 2. The highest BCUT2D eigenvalue weighted by molar-refractivity contribution is 6.02. The number of H-pyrrole nitrogens is 1. The average Bonchev–Trinajstić information content (AvgIpc) is 3.26. The predicted octanol–water partition coefficient (Wildman–Crippen LogP) is 5.21. The van der Waals surface area contributed by atoms with Crippen LogP contribution in [0.15, 0.2) is 41.2 Å². The summed E-state index contributed by atoms with van der Waals surface area (Å²) in [6, 6.07) is 12.5. The lowest BCUT2D eigenvalue weighted by Gasteiger charge is -2.26. The Hall–Kier alpha value is -3.75. The number of carbonyl (C=O) groups is 2. The number of morpholine rings is 1. The molecule has 44 heavy (non-hydrogen) atoms. The normalized spacial score (nSPS) is 17.7. The fourth-order valence-electron chi connectivity index (χ4n) is 7.00. The number of ether oxygens (including phenoxy) is 1. The van der Waals surface area contributed by atoms with Gasteiger partial charge in [0.1, 0.15) is 0 Å². The van der Waals surface area contributed by atoms with Gasteiger partial charge in [-0.05, 0) is 97.9 Å². The molecule has 232 valence electrons. The summed E-state index contributed by atoms with van der Waals surface area (Å²) in [7, 11) is 0. The largest absolute Gasteiger partial charge is 0.379 e. The zero-order valence-corrected chi connectivity index (χ0v) is 26.1. The minimum absolute atomic E-state index is 0.104. The van der Waals surface area contributed by atoms with Crippen molar-refractivity contribution in [2.75, 3.05) is 37.7 Å². The molecule has 8 heteroatoms. The van der Waals surface area contributed by atoms with Gasteiger partial charge in [0.25, 0.3) is 11.5 Å². The van der Waals surface area contributed by atoms with E-state index >= 15 is 0 Å². The van der Waals surface area contributed by atoms with Crippen LogP contribution in [0.1, 0.15) is 82.4 Å². The first kappa shape index (κ1) is 30.3. The lowest BCUT2D eigenvalue weighted by atomic mass is 9.88. The van der Waals surface area contributed by atoms with Crippen molar-refractivity contribution in [1.29, 1.82) is 0 Å². The van der Waals surface area contributed by atoms with E-state index in [0.29, 0.717) is 24.1 Å². The molecule has 2 aliphatic heterocycles. The standard InChI is InChI=1S/C36H44N4O4/c1-24-31(35(42)37-22-32-30-9-6-5-8-29(30)25(2)38-36(32)43)20-28(21-33(24)40-15-7-3-4-10-34(40)41)27-13-11-26(12-14-27)23-39-16-18-44-19-17-39/h11-14,20-21H,3-10,15-19,22-23H2,1-2H3,(H,37,42)(H,38,43). The first-order valence-electron chi connectivity index (χ1n) is 16.2. The molecule has 2 fully saturated rings. The Labute approximate surface area is 259 Å². The Kier molecular flexibility index (Phi) is 9.28. The lowest BCUT2D eigenvalue weighted by molar-refractivity contribution is -0.118. The Morgan fingerprint density at radius 1 is 0.864 bits per heavy atom. The fraction of sp³-hybridized carbons (Fsp3) is 0.472. The molecule has 2 N–H and O–H groups in total. The van der Waals surface area contributed by atoms with Gasteiger partial charge in [-0.25, -0.2) is 0 Å². The molecule has 0 bridgehead atoms. The monoisotopic (exact) mass is 596 g/mol. The van der Waals surface area contributed by atoms with Gasteiger partial charge in [0.15, 0.2) is 0 Å². The number of aromatic amines is 1. The predicted molar refractivity (Wildman–Crippen MR) is 173 cm³/mol. The van der Waals surface area contributed by atoms with Gasteiger partial charge >= 0.3 is 0 Å². The summed E-state index contributed by atoms with van der Waals surface area (Å²) < 4.78 is 5.49. The number of fused-ring (bicyclic) bond motifs is 1. The molecule has 1 aromatic heterocycles. The molecule has 0 saturated carbocycles. The molecule has 2 saturated heterocycles. The van der Waals surface area contributed by atoms with Crippen molar-refractivity contribution >= 4 is 17.5 Å². The van der Waals surface area contributed by atoms with Gasteiger partial charge in [-0.15, -0.1) is 0 Å². The van der Waals surface area contributed by atoms with Crippen LogP contribution in [-0.4, -0.2) is 54.5 Å². The quantitative estimate of drug-likeness (QED) is 0.391. The van der Waals surface area contributed by atoms with Crippen LogP contribution in [0, 0.1) is 13.8 Å². The van der Waals surface area contributed by atoms with Crippen LogP contribution in [-0.2, 0) is 35.5 Å². The number of anilines is 1. The molecule has 6 rings (SSSR count). The second-order valence-electron chi connectivity index (χ2n) is 12.5. The van der Waals surface area contributed by atoms with E-state index in [-0.39, 0.29) is 23.9 Å². The summed E-state index contributed by atoms with van der Waals surface area (Å²) in [6.07, 6.45) is 7.36. The number of pyridine rings is 1. The highest BCUT2D eigenvalue weighted by Crippen LogP contribution is 2.33. The maximum atomic E-state index is 13.9. The highest BCUT2D eigenvalue weighted by atomic mass is 16.5. The van der Waals surface area contributed by atoms with Crippen LogP contribution in [0.5, 0.6) is 0 Å². The summed E-state index contributed by atoms with van der Waals surface area (Å²) >= 11 is 0. The number of amides is 2. The molecular formula is C36H44N4O4. The lowest BCUT2D eigenvalue weighted by Crippen LogP contribution is -2.35. The van der Waals surface area contributed by atoms with E-state index in [1.807, 2.05) is 24.8 Å². The van der Waals surface area contributed by atoms with Crippen molar-refractivity contribution in [2.45, 2.75) is 78.3 Å². The summed E-state index contributed by atoms with van der Waals surface area (Å²) in [6.45, 7) is 8.99. The van der Waals surface area contributed by atoms with Crippen LogP contribution in [0.3, 0.4) is 0 Å². The van der Waals surface area contributed by atoms with Crippen LogP contribution >= 0.6 is 0 Å². The number of aryl methyl sites for hydroxylation is 1. The molecule has 3 aromatic rings. The summed E-state index contributed by atoms with van der Waals surface area (Å²) in [5, 5.41) is 3.08. The van der Waals surface area contributed by atoms with Crippen LogP contribution < -0.4 is 15.8 Å². The van der Waals surface area contributed by atoms with Crippen LogP contribution in [0.25, 0.3) is 11.1 Å². The van der Waals surface area contributed by atoms with Gasteiger partial charge in [-0.1, -0.05) is 30.7 Å². The van der Waals surface area contributed by atoms with Gasteiger partial charge in [-0.3, -0.25) is 19.3 Å².